The van der Waals surface area contributed by atoms with E-state index in [1.165, 1.54) is 5.69 Å². The van der Waals surface area contributed by atoms with Crippen LogP contribution in [-0.4, -0.2) is 30.5 Å². The minimum absolute atomic E-state index is 0.0529. The molecule has 106 valence electrons. The highest BCUT2D eigenvalue weighted by molar-refractivity contribution is 7.00. The summed E-state index contributed by atoms with van der Waals surface area (Å²) in [5.41, 5.74) is 3.41. The van der Waals surface area contributed by atoms with Crippen LogP contribution in [0.25, 0.3) is 11.0 Å². The van der Waals surface area contributed by atoms with Gasteiger partial charge in [0.1, 0.15) is 11.0 Å². The van der Waals surface area contributed by atoms with Crippen LogP contribution in [0.2, 0.25) is 0 Å². The molecule has 4 rings (SSSR count). The molecule has 0 aliphatic carbocycles. The Hall–Kier alpha value is -2.28. The molecule has 0 fully saturated rings. The minimum Gasteiger partial charge on any atom is -0.349 e. The first-order valence-corrected chi connectivity index (χ1v) is 7.56. The Labute approximate surface area is 125 Å². The lowest BCUT2D eigenvalue weighted by Gasteiger charge is -2.24. The molecule has 21 heavy (non-hydrogen) atoms. The number of nitrogens with zero attached hydrogens (tertiary/aromatic N) is 4. The molecule has 1 amide bonds. The lowest BCUT2D eigenvalue weighted by Crippen LogP contribution is -2.40. The zero-order valence-corrected chi connectivity index (χ0v) is 12.0. The maximum absolute atomic E-state index is 12.4. The average molecular weight is 299 g/mol. The van der Waals surface area contributed by atoms with Gasteiger partial charge in [-0.2, -0.15) is 13.8 Å². The summed E-state index contributed by atoms with van der Waals surface area (Å²) >= 11 is 1.16. The molecule has 1 aliphatic heterocycles. The average Bonchev–Trinajstić information content (AvgIpc) is 3.14. The standard InChI is InChI=1S/C14H13N5OS/c20-14(9-1-2-12-13(7-9)18-21-17-12)16-10-4-6-19-11(8-10)3-5-15-19/h1-3,5,7,10H,4,6,8H2,(H,16,20)/t10-/m1/s1. The van der Waals surface area contributed by atoms with Gasteiger partial charge in [0.15, 0.2) is 0 Å². The van der Waals surface area contributed by atoms with E-state index in [0.717, 1.165) is 42.1 Å². The molecule has 7 heteroatoms. The molecule has 0 saturated heterocycles. The summed E-state index contributed by atoms with van der Waals surface area (Å²) in [6.45, 7) is 0.850. The Bertz CT molecular complexity index is 808. The van der Waals surface area contributed by atoms with E-state index in [1.807, 2.05) is 23.0 Å². The highest BCUT2D eigenvalue weighted by Crippen LogP contribution is 2.16. The molecule has 2 aromatic heterocycles. The van der Waals surface area contributed by atoms with Crippen molar-refractivity contribution in [3.05, 3.63) is 41.7 Å². The topological polar surface area (TPSA) is 72.7 Å². The molecule has 1 aromatic carbocycles. The largest absolute Gasteiger partial charge is 0.349 e. The Kier molecular flexibility index (Phi) is 2.92. The van der Waals surface area contributed by atoms with Crippen LogP contribution in [0.1, 0.15) is 22.5 Å². The van der Waals surface area contributed by atoms with Crippen molar-refractivity contribution in [2.45, 2.75) is 25.4 Å². The van der Waals surface area contributed by atoms with E-state index in [-0.39, 0.29) is 11.9 Å². The molecule has 0 spiro atoms. The second kappa shape index (κ2) is 4.92. The third-order valence-electron chi connectivity index (χ3n) is 3.80. The van der Waals surface area contributed by atoms with Gasteiger partial charge in [-0.3, -0.25) is 9.48 Å². The van der Waals surface area contributed by atoms with Gasteiger partial charge in [0.2, 0.25) is 0 Å². The second-order valence-electron chi connectivity index (χ2n) is 5.18. The van der Waals surface area contributed by atoms with Crippen molar-refractivity contribution in [2.24, 2.45) is 0 Å². The number of benzene rings is 1. The van der Waals surface area contributed by atoms with Gasteiger partial charge < -0.3 is 5.32 Å². The normalized spacial score (nSPS) is 17.6. The number of hydrogen-bond acceptors (Lipinski definition) is 5. The molecule has 6 nitrogen and oxygen atoms in total. The van der Waals surface area contributed by atoms with Gasteiger partial charge in [-0.1, -0.05) is 0 Å². The lowest BCUT2D eigenvalue weighted by atomic mass is 10.0. The molecule has 0 bridgehead atoms. The van der Waals surface area contributed by atoms with E-state index >= 15 is 0 Å². The van der Waals surface area contributed by atoms with Crippen LogP contribution in [0.5, 0.6) is 0 Å². The fourth-order valence-corrected chi connectivity index (χ4v) is 3.20. The first-order chi connectivity index (χ1) is 10.3. The SMILES string of the molecule is O=C(N[C@@H]1CCn2nccc2C1)c1ccc2nsnc2c1. The maximum atomic E-state index is 12.4. The quantitative estimate of drug-likeness (QED) is 0.780. The van der Waals surface area contributed by atoms with Crippen LogP contribution in [0.15, 0.2) is 30.5 Å². The Balaban J connectivity index is 1.50. The zero-order chi connectivity index (χ0) is 14.2. The van der Waals surface area contributed by atoms with Gasteiger partial charge in [0.05, 0.1) is 11.7 Å². The summed E-state index contributed by atoms with van der Waals surface area (Å²) in [7, 11) is 0. The zero-order valence-electron chi connectivity index (χ0n) is 11.2. The van der Waals surface area contributed by atoms with Crippen molar-refractivity contribution in [2.75, 3.05) is 0 Å². The van der Waals surface area contributed by atoms with E-state index in [4.69, 9.17) is 0 Å². The van der Waals surface area contributed by atoms with E-state index in [0.29, 0.717) is 5.56 Å². The molecule has 0 radical (unpaired) electrons. The van der Waals surface area contributed by atoms with E-state index in [1.54, 1.807) is 12.1 Å². The fraction of sp³-hybridized carbons (Fsp3) is 0.286. The van der Waals surface area contributed by atoms with Crippen LogP contribution in [0, 0.1) is 0 Å². The number of aryl methyl sites for hydroxylation is 1. The summed E-state index contributed by atoms with van der Waals surface area (Å²) in [6.07, 6.45) is 3.54. The molecular formula is C14H13N5OS. The molecule has 3 aromatic rings. The highest BCUT2D eigenvalue weighted by atomic mass is 32.1. The first kappa shape index (κ1) is 12.5. The Morgan fingerprint density at radius 2 is 2.19 bits per heavy atom. The van der Waals surface area contributed by atoms with Gasteiger partial charge in [-0.05, 0) is 30.7 Å². The van der Waals surface area contributed by atoms with Crippen molar-refractivity contribution >= 4 is 28.7 Å². The molecule has 0 unspecified atom stereocenters. The fourth-order valence-electron chi connectivity index (χ4n) is 2.68. The first-order valence-electron chi connectivity index (χ1n) is 6.83. The Morgan fingerprint density at radius 1 is 1.29 bits per heavy atom. The predicted molar refractivity (Wildman–Crippen MR) is 79.2 cm³/mol. The van der Waals surface area contributed by atoms with Crippen molar-refractivity contribution in [3.8, 4) is 0 Å². The Morgan fingerprint density at radius 3 is 3.14 bits per heavy atom. The molecule has 1 aliphatic rings. The number of rotatable bonds is 2. The number of nitrogens with one attached hydrogen (secondary N) is 1. The van der Waals surface area contributed by atoms with Gasteiger partial charge >= 0.3 is 0 Å². The van der Waals surface area contributed by atoms with Gasteiger partial charge in [-0.15, -0.1) is 0 Å². The monoisotopic (exact) mass is 299 g/mol. The summed E-state index contributed by atoms with van der Waals surface area (Å²) in [5, 5.41) is 7.34. The van der Waals surface area contributed by atoms with E-state index < -0.39 is 0 Å². The summed E-state index contributed by atoms with van der Waals surface area (Å²) in [6, 6.07) is 7.59. The minimum atomic E-state index is -0.0529. The summed E-state index contributed by atoms with van der Waals surface area (Å²) < 4.78 is 10.3. The number of carbonyl (C=O) groups is 1. The van der Waals surface area contributed by atoms with Gasteiger partial charge in [0.25, 0.3) is 5.91 Å². The lowest BCUT2D eigenvalue weighted by molar-refractivity contribution is 0.0930. The summed E-state index contributed by atoms with van der Waals surface area (Å²) in [5.74, 6) is -0.0529. The third kappa shape index (κ3) is 2.29. The van der Waals surface area contributed by atoms with Crippen LogP contribution < -0.4 is 5.32 Å². The molecule has 3 heterocycles. The predicted octanol–water partition coefficient (Wildman–Crippen LogP) is 1.63. The van der Waals surface area contributed by atoms with E-state index in [2.05, 4.69) is 19.2 Å². The van der Waals surface area contributed by atoms with E-state index in [9.17, 15) is 4.79 Å². The van der Waals surface area contributed by atoms with Crippen molar-refractivity contribution in [3.63, 3.8) is 0 Å². The van der Waals surface area contributed by atoms with Crippen LogP contribution in [0.3, 0.4) is 0 Å². The van der Waals surface area contributed by atoms with Gasteiger partial charge in [0, 0.05) is 36.5 Å². The maximum Gasteiger partial charge on any atom is 0.251 e. The van der Waals surface area contributed by atoms with Crippen molar-refractivity contribution in [1.29, 1.82) is 0 Å². The van der Waals surface area contributed by atoms with Gasteiger partial charge in [-0.25, -0.2) is 0 Å². The van der Waals surface area contributed by atoms with Crippen LogP contribution in [0.4, 0.5) is 0 Å². The van der Waals surface area contributed by atoms with Crippen LogP contribution >= 0.6 is 11.7 Å². The molecular weight excluding hydrogens is 286 g/mol. The van der Waals surface area contributed by atoms with Crippen LogP contribution in [-0.2, 0) is 13.0 Å². The molecule has 1 N–H and O–H groups in total. The van der Waals surface area contributed by atoms with Crippen molar-refractivity contribution in [1.82, 2.24) is 23.8 Å². The number of aromatic nitrogens is 4. The number of amides is 1. The number of carbonyl (C=O) groups excluding carboxylic acids is 1. The molecule has 1 atom stereocenters. The molecule has 0 saturated carbocycles. The summed E-state index contributed by atoms with van der Waals surface area (Å²) in [4.78, 5) is 12.4. The number of hydrogen-bond donors (Lipinski definition) is 1. The second-order valence-corrected chi connectivity index (χ2v) is 5.71. The highest BCUT2D eigenvalue weighted by Gasteiger charge is 2.21. The number of fused-ring (bicyclic) bond motifs is 2. The smallest absolute Gasteiger partial charge is 0.251 e. The van der Waals surface area contributed by atoms with Crippen molar-refractivity contribution < 1.29 is 4.79 Å². The third-order valence-corrected chi connectivity index (χ3v) is 4.36.